The van der Waals surface area contributed by atoms with E-state index in [1.807, 2.05) is 12.1 Å². The van der Waals surface area contributed by atoms with E-state index in [-0.39, 0.29) is 0 Å². The molecule has 0 saturated carbocycles. The summed E-state index contributed by atoms with van der Waals surface area (Å²) in [4.78, 5) is 2.34. The van der Waals surface area contributed by atoms with Crippen molar-refractivity contribution in [1.29, 1.82) is 0 Å². The third kappa shape index (κ3) is 2.17. The van der Waals surface area contributed by atoms with Crippen molar-refractivity contribution in [3.63, 3.8) is 0 Å². The van der Waals surface area contributed by atoms with Gasteiger partial charge in [0.05, 0.1) is 0 Å². The molecule has 1 nitrogen and oxygen atoms in total. The highest BCUT2D eigenvalue weighted by Gasteiger charge is 2.09. The minimum absolute atomic E-state index is 0.804. The summed E-state index contributed by atoms with van der Waals surface area (Å²) < 4.78 is 0. The SMILES string of the molecule is CN1CCC=C(c2ccc(Cl)cc2)C1. The average molecular weight is 208 g/mol. The van der Waals surface area contributed by atoms with E-state index < -0.39 is 0 Å². The molecule has 1 aromatic rings. The fourth-order valence-corrected chi connectivity index (χ4v) is 1.89. The van der Waals surface area contributed by atoms with Crippen molar-refractivity contribution in [1.82, 2.24) is 4.90 Å². The van der Waals surface area contributed by atoms with Gasteiger partial charge in [-0.25, -0.2) is 0 Å². The first kappa shape index (κ1) is 9.75. The Balaban J connectivity index is 2.22. The monoisotopic (exact) mass is 207 g/mol. The molecule has 0 aromatic heterocycles. The summed E-state index contributed by atoms with van der Waals surface area (Å²) in [5.74, 6) is 0. The van der Waals surface area contributed by atoms with Crippen LogP contribution >= 0.6 is 11.6 Å². The molecule has 0 atom stereocenters. The molecule has 0 saturated heterocycles. The molecule has 2 rings (SSSR count). The number of likely N-dealkylation sites (N-methyl/N-ethyl adjacent to an activating group) is 1. The number of hydrogen-bond donors (Lipinski definition) is 0. The van der Waals surface area contributed by atoms with Crippen LogP contribution in [-0.4, -0.2) is 25.0 Å². The van der Waals surface area contributed by atoms with Crippen LogP contribution in [0.1, 0.15) is 12.0 Å². The minimum atomic E-state index is 0.804. The second kappa shape index (κ2) is 4.16. The van der Waals surface area contributed by atoms with E-state index in [9.17, 15) is 0 Å². The van der Waals surface area contributed by atoms with Crippen LogP contribution in [0.3, 0.4) is 0 Å². The third-order valence-corrected chi connectivity index (χ3v) is 2.81. The first-order valence-corrected chi connectivity index (χ1v) is 5.27. The Morgan fingerprint density at radius 1 is 1.21 bits per heavy atom. The maximum absolute atomic E-state index is 5.85. The van der Waals surface area contributed by atoms with Crippen LogP contribution < -0.4 is 0 Å². The summed E-state index contributed by atoms with van der Waals surface area (Å²) in [7, 11) is 2.16. The van der Waals surface area contributed by atoms with Crippen molar-refractivity contribution in [3.05, 3.63) is 40.9 Å². The molecular formula is C12H14ClN. The molecule has 2 heteroatoms. The predicted octanol–water partition coefficient (Wildman–Crippen LogP) is 3.06. The van der Waals surface area contributed by atoms with Gasteiger partial charge in [-0.2, -0.15) is 0 Å². The molecule has 0 fully saturated rings. The zero-order valence-corrected chi connectivity index (χ0v) is 9.09. The molecule has 0 radical (unpaired) electrons. The van der Waals surface area contributed by atoms with Crippen LogP contribution in [0.2, 0.25) is 5.02 Å². The van der Waals surface area contributed by atoms with Gasteiger partial charge in [-0.15, -0.1) is 0 Å². The molecule has 0 aliphatic carbocycles. The number of hydrogen-bond acceptors (Lipinski definition) is 1. The topological polar surface area (TPSA) is 3.24 Å². The number of halogens is 1. The Morgan fingerprint density at radius 2 is 1.93 bits per heavy atom. The van der Waals surface area contributed by atoms with Gasteiger partial charge < -0.3 is 4.90 Å². The van der Waals surface area contributed by atoms with Gasteiger partial charge in [-0.1, -0.05) is 29.8 Å². The summed E-state index contributed by atoms with van der Waals surface area (Å²) in [6.45, 7) is 2.21. The summed E-state index contributed by atoms with van der Waals surface area (Å²) in [6, 6.07) is 8.08. The highest BCUT2D eigenvalue weighted by atomic mass is 35.5. The third-order valence-electron chi connectivity index (χ3n) is 2.56. The van der Waals surface area contributed by atoms with Crippen LogP contribution in [0.4, 0.5) is 0 Å². The largest absolute Gasteiger partial charge is 0.302 e. The van der Waals surface area contributed by atoms with Crippen molar-refractivity contribution < 1.29 is 0 Å². The van der Waals surface area contributed by atoms with Gasteiger partial charge in [-0.3, -0.25) is 0 Å². The van der Waals surface area contributed by atoms with Gasteiger partial charge in [0.2, 0.25) is 0 Å². The van der Waals surface area contributed by atoms with E-state index in [1.165, 1.54) is 11.1 Å². The second-order valence-electron chi connectivity index (χ2n) is 3.76. The lowest BCUT2D eigenvalue weighted by atomic mass is 10.0. The molecule has 1 aliphatic rings. The Morgan fingerprint density at radius 3 is 2.57 bits per heavy atom. The van der Waals surface area contributed by atoms with E-state index in [2.05, 4.69) is 30.2 Å². The van der Waals surface area contributed by atoms with E-state index in [1.54, 1.807) is 0 Å². The molecule has 1 aliphatic heterocycles. The highest BCUT2D eigenvalue weighted by Crippen LogP contribution is 2.21. The van der Waals surface area contributed by atoms with Crippen LogP contribution in [0.15, 0.2) is 30.3 Å². The van der Waals surface area contributed by atoms with Gasteiger partial charge >= 0.3 is 0 Å². The standard InChI is InChI=1S/C12H14ClN/c1-14-8-2-3-11(9-14)10-4-6-12(13)7-5-10/h3-7H,2,8-9H2,1H3. The molecule has 1 aromatic carbocycles. The average Bonchev–Trinajstić information content (AvgIpc) is 2.19. The lowest BCUT2D eigenvalue weighted by molar-refractivity contribution is 0.373. The summed E-state index contributed by atoms with van der Waals surface area (Å²) in [5, 5.41) is 0.804. The van der Waals surface area contributed by atoms with Crippen LogP contribution in [0.25, 0.3) is 5.57 Å². The Bertz CT molecular complexity index is 340. The first-order valence-electron chi connectivity index (χ1n) is 4.89. The van der Waals surface area contributed by atoms with E-state index in [0.29, 0.717) is 0 Å². The molecule has 0 N–H and O–H groups in total. The Kier molecular flexibility index (Phi) is 2.90. The highest BCUT2D eigenvalue weighted by molar-refractivity contribution is 6.30. The molecule has 1 heterocycles. The molecular weight excluding hydrogens is 194 g/mol. The van der Waals surface area contributed by atoms with Crippen LogP contribution in [-0.2, 0) is 0 Å². The van der Waals surface area contributed by atoms with Gasteiger partial charge in [0.25, 0.3) is 0 Å². The molecule has 74 valence electrons. The van der Waals surface area contributed by atoms with Crippen molar-refractivity contribution in [3.8, 4) is 0 Å². The second-order valence-corrected chi connectivity index (χ2v) is 4.20. The number of nitrogens with zero attached hydrogens (tertiary/aromatic N) is 1. The zero-order valence-electron chi connectivity index (χ0n) is 8.33. The number of benzene rings is 1. The van der Waals surface area contributed by atoms with Crippen LogP contribution in [0.5, 0.6) is 0 Å². The fraction of sp³-hybridized carbons (Fsp3) is 0.333. The molecule has 0 unspecified atom stereocenters. The lowest BCUT2D eigenvalue weighted by Gasteiger charge is -2.23. The van der Waals surface area contributed by atoms with Crippen molar-refractivity contribution in [2.75, 3.05) is 20.1 Å². The van der Waals surface area contributed by atoms with E-state index in [4.69, 9.17) is 11.6 Å². The van der Waals surface area contributed by atoms with Crippen molar-refractivity contribution in [2.45, 2.75) is 6.42 Å². The molecule has 0 spiro atoms. The zero-order chi connectivity index (χ0) is 9.97. The van der Waals surface area contributed by atoms with Crippen LogP contribution in [0, 0.1) is 0 Å². The van der Waals surface area contributed by atoms with E-state index in [0.717, 1.165) is 24.5 Å². The maximum atomic E-state index is 5.85. The van der Waals surface area contributed by atoms with Gasteiger partial charge in [0.15, 0.2) is 0 Å². The van der Waals surface area contributed by atoms with Gasteiger partial charge in [0.1, 0.15) is 0 Å². The fourth-order valence-electron chi connectivity index (χ4n) is 1.77. The molecule has 14 heavy (non-hydrogen) atoms. The van der Waals surface area contributed by atoms with Crippen molar-refractivity contribution in [2.24, 2.45) is 0 Å². The quantitative estimate of drug-likeness (QED) is 0.684. The van der Waals surface area contributed by atoms with E-state index >= 15 is 0 Å². The Labute approximate surface area is 90.0 Å². The smallest absolute Gasteiger partial charge is 0.0406 e. The lowest BCUT2D eigenvalue weighted by Crippen LogP contribution is -2.24. The predicted molar refractivity (Wildman–Crippen MR) is 61.5 cm³/mol. The normalized spacial score (nSPS) is 18.0. The molecule has 0 bridgehead atoms. The van der Waals surface area contributed by atoms with Gasteiger partial charge in [-0.05, 0) is 36.7 Å². The Hall–Kier alpha value is -0.790. The summed E-state index contributed by atoms with van der Waals surface area (Å²) >= 11 is 5.85. The summed E-state index contributed by atoms with van der Waals surface area (Å²) in [6.07, 6.45) is 3.47. The molecule has 0 amide bonds. The summed E-state index contributed by atoms with van der Waals surface area (Å²) in [5.41, 5.74) is 2.70. The first-order chi connectivity index (χ1) is 6.75. The minimum Gasteiger partial charge on any atom is -0.302 e. The maximum Gasteiger partial charge on any atom is 0.0406 e. The van der Waals surface area contributed by atoms with Gasteiger partial charge in [0, 0.05) is 18.1 Å². The van der Waals surface area contributed by atoms with Crippen molar-refractivity contribution >= 4 is 17.2 Å². The number of rotatable bonds is 1.